The zero-order valence-corrected chi connectivity index (χ0v) is 12.3. The Bertz CT molecular complexity index is 658. The zero-order valence-electron chi connectivity index (χ0n) is 11.4. The first-order valence-corrected chi connectivity index (χ1v) is 6.82. The maximum absolute atomic E-state index is 12.2. The number of aryl methyl sites for hydroxylation is 1. The predicted molar refractivity (Wildman–Crippen MR) is 79.4 cm³/mol. The molecule has 0 bridgehead atoms. The van der Waals surface area contributed by atoms with Crippen molar-refractivity contribution in [2.45, 2.75) is 40.2 Å². The molecule has 6 nitrogen and oxygen atoms in total. The van der Waals surface area contributed by atoms with E-state index in [1.807, 2.05) is 13.8 Å². The summed E-state index contributed by atoms with van der Waals surface area (Å²) in [7, 11) is 0. The van der Waals surface area contributed by atoms with E-state index in [4.69, 9.17) is 5.73 Å². The molecular weight excluding hydrogens is 262 g/mol. The van der Waals surface area contributed by atoms with E-state index in [1.165, 1.54) is 3.97 Å². The molecule has 7 heteroatoms. The minimum Gasteiger partial charge on any atom is -0.382 e. The number of thiol groups is 1. The Kier molecular flexibility index (Phi) is 3.84. The highest BCUT2D eigenvalue weighted by atomic mass is 32.1. The van der Waals surface area contributed by atoms with Crippen LogP contribution in [0.1, 0.15) is 33.0 Å². The number of fused-ring (bicyclic) bond motifs is 1. The van der Waals surface area contributed by atoms with Crippen molar-refractivity contribution in [2.75, 3.05) is 5.73 Å². The molecule has 2 heterocycles. The Balaban J connectivity index is 2.73. The molecule has 0 aliphatic rings. The minimum atomic E-state index is -0.221. The number of aromatic nitrogens is 4. The topological polar surface area (TPSA) is 78.7 Å². The molecule has 2 rings (SSSR count). The van der Waals surface area contributed by atoms with Gasteiger partial charge in [0.15, 0.2) is 11.5 Å². The molecule has 0 fully saturated rings. The van der Waals surface area contributed by atoms with E-state index in [-0.39, 0.29) is 5.69 Å². The van der Waals surface area contributed by atoms with Gasteiger partial charge < -0.3 is 5.73 Å². The molecule has 2 aromatic heterocycles. The lowest BCUT2D eigenvalue weighted by atomic mass is 10.2. The Hall–Kier alpha value is -1.50. The second-order valence-corrected chi connectivity index (χ2v) is 5.45. The second kappa shape index (κ2) is 5.24. The molecule has 0 saturated heterocycles. The third-order valence-corrected chi connectivity index (χ3v) is 3.21. The molecule has 0 aromatic carbocycles. The molecule has 0 unspecified atom stereocenters. The fraction of sp³-hybridized carbons (Fsp3) is 0.583. The van der Waals surface area contributed by atoms with Gasteiger partial charge in [-0.25, -0.2) is 18.7 Å². The van der Waals surface area contributed by atoms with Crippen LogP contribution in [0.3, 0.4) is 0 Å². The Labute approximate surface area is 117 Å². The monoisotopic (exact) mass is 281 g/mol. The summed E-state index contributed by atoms with van der Waals surface area (Å²) in [6.07, 6.45) is 1.68. The normalized spacial score (nSPS) is 11.6. The van der Waals surface area contributed by atoms with Gasteiger partial charge in [0.25, 0.3) is 0 Å². The molecule has 0 spiro atoms. The fourth-order valence-electron chi connectivity index (χ4n) is 2.06. The van der Waals surface area contributed by atoms with Gasteiger partial charge in [0.05, 0.1) is 0 Å². The lowest BCUT2D eigenvalue weighted by molar-refractivity contribution is 0.518. The molecule has 104 valence electrons. The summed E-state index contributed by atoms with van der Waals surface area (Å²) in [5.74, 6) is 1.31. The van der Waals surface area contributed by atoms with Gasteiger partial charge in [-0.15, -0.1) is 0 Å². The van der Waals surface area contributed by atoms with E-state index in [9.17, 15) is 4.79 Å². The smallest absolute Gasteiger partial charge is 0.340 e. The van der Waals surface area contributed by atoms with Gasteiger partial charge >= 0.3 is 5.69 Å². The van der Waals surface area contributed by atoms with Crippen LogP contribution in [-0.2, 0) is 13.0 Å². The van der Waals surface area contributed by atoms with Gasteiger partial charge in [0.2, 0.25) is 0 Å². The van der Waals surface area contributed by atoms with Crippen molar-refractivity contribution in [3.05, 3.63) is 16.3 Å². The number of hydrogen-bond donors (Lipinski definition) is 2. The predicted octanol–water partition coefficient (Wildman–Crippen LogP) is 1.48. The lowest BCUT2D eigenvalue weighted by Gasteiger charge is -2.06. The summed E-state index contributed by atoms with van der Waals surface area (Å²) in [5.41, 5.74) is 6.78. The molecule has 0 aliphatic heterocycles. The van der Waals surface area contributed by atoms with Crippen LogP contribution in [-0.4, -0.2) is 18.5 Å². The van der Waals surface area contributed by atoms with Crippen molar-refractivity contribution >= 4 is 29.8 Å². The van der Waals surface area contributed by atoms with E-state index in [0.29, 0.717) is 35.3 Å². The number of nitrogens with zero attached hydrogens (tertiary/aromatic N) is 4. The standard InChI is InChI=1S/C12H19N5OS/c1-4-5-8-14-10(13)9-11(15-8)16(6-7(2)3)12(18)17(9)19/h7,19H,4-6H2,1-3H3,(H2,13,14,15). The molecule has 0 saturated carbocycles. The molecular formula is C12H19N5OS. The summed E-state index contributed by atoms with van der Waals surface area (Å²) in [6, 6.07) is 0. The average molecular weight is 281 g/mol. The van der Waals surface area contributed by atoms with Crippen LogP contribution in [0.4, 0.5) is 5.82 Å². The first-order valence-electron chi connectivity index (χ1n) is 6.42. The zero-order chi connectivity index (χ0) is 14.2. The molecule has 0 radical (unpaired) electrons. The highest BCUT2D eigenvalue weighted by Crippen LogP contribution is 2.19. The van der Waals surface area contributed by atoms with Crippen LogP contribution in [0.5, 0.6) is 0 Å². The average Bonchev–Trinajstić information content (AvgIpc) is 2.55. The maximum Gasteiger partial charge on any atom is 0.340 e. The summed E-state index contributed by atoms with van der Waals surface area (Å²) < 4.78 is 2.84. The van der Waals surface area contributed by atoms with E-state index in [1.54, 1.807) is 4.57 Å². The third kappa shape index (κ3) is 2.47. The third-order valence-electron chi connectivity index (χ3n) is 2.84. The number of nitrogens with two attached hydrogens (primary N) is 1. The molecule has 2 N–H and O–H groups in total. The summed E-state index contributed by atoms with van der Waals surface area (Å²) in [5, 5.41) is 0. The summed E-state index contributed by atoms with van der Waals surface area (Å²) in [4.78, 5) is 20.9. The molecule has 2 aromatic rings. The molecule has 0 amide bonds. The van der Waals surface area contributed by atoms with E-state index in [2.05, 4.69) is 29.7 Å². The van der Waals surface area contributed by atoms with Gasteiger partial charge in [0, 0.05) is 13.0 Å². The summed E-state index contributed by atoms with van der Waals surface area (Å²) in [6.45, 7) is 6.73. The highest BCUT2D eigenvalue weighted by molar-refractivity contribution is 7.78. The van der Waals surface area contributed by atoms with Gasteiger partial charge in [-0.2, -0.15) is 0 Å². The van der Waals surface area contributed by atoms with Gasteiger partial charge in [-0.05, 0) is 12.3 Å². The van der Waals surface area contributed by atoms with Crippen LogP contribution in [0, 0.1) is 5.92 Å². The van der Waals surface area contributed by atoms with Crippen LogP contribution in [0.15, 0.2) is 4.79 Å². The van der Waals surface area contributed by atoms with E-state index < -0.39 is 0 Å². The van der Waals surface area contributed by atoms with Crippen LogP contribution in [0.2, 0.25) is 0 Å². The van der Waals surface area contributed by atoms with Gasteiger partial charge in [-0.1, -0.05) is 33.6 Å². The molecule has 19 heavy (non-hydrogen) atoms. The molecule has 0 atom stereocenters. The number of anilines is 1. The van der Waals surface area contributed by atoms with E-state index in [0.717, 1.165) is 12.8 Å². The van der Waals surface area contributed by atoms with E-state index >= 15 is 0 Å². The van der Waals surface area contributed by atoms with Crippen molar-refractivity contribution in [3.63, 3.8) is 0 Å². The molecule has 0 aliphatic carbocycles. The summed E-state index contributed by atoms with van der Waals surface area (Å²) >= 11 is 4.19. The van der Waals surface area contributed by atoms with Gasteiger partial charge in [0.1, 0.15) is 11.3 Å². The largest absolute Gasteiger partial charge is 0.382 e. The highest BCUT2D eigenvalue weighted by Gasteiger charge is 2.18. The van der Waals surface area contributed by atoms with Gasteiger partial charge in [-0.3, -0.25) is 4.57 Å². The number of hydrogen-bond acceptors (Lipinski definition) is 5. The van der Waals surface area contributed by atoms with Crippen LogP contribution in [0.25, 0.3) is 11.2 Å². The number of nitrogen functional groups attached to an aromatic ring is 1. The second-order valence-electron chi connectivity index (χ2n) is 5.05. The maximum atomic E-state index is 12.2. The first kappa shape index (κ1) is 13.9. The fourth-order valence-corrected chi connectivity index (χ4v) is 2.36. The lowest BCUT2D eigenvalue weighted by Crippen LogP contribution is -2.22. The van der Waals surface area contributed by atoms with Crippen molar-refractivity contribution < 1.29 is 0 Å². The van der Waals surface area contributed by atoms with Crippen molar-refractivity contribution in [2.24, 2.45) is 5.92 Å². The van der Waals surface area contributed by atoms with Crippen LogP contribution < -0.4 is 11.4 Å². The SMILES string of the molecule is CCCc1nc(N)c2c(n1)n(CC(C)C)c(=O)n2S. The van der Waals surface area contributed by atoms with Crippen molar-refractivity contribution in [1.82, 2.24) is 18.5 Å². The first-order chi connectivity index (χ1) is 8.95. The van der Waals surface area contributed by atoms with Crippen molar-refractivity contribution in [1.29, 1.82) is 0 Å². The Morgan fingerprint density at radius 2 is 2.05 bits per heavy atom. The van der Waals surface area contributed by atoms with Crippen LogP contribution >= 0.6 is 12.8 Å². The van der Waals surface area contributed by atoms with Crippen molar-refractivity contribution in [3.8, 4) is 0 Å². The Morgan fingerprint density at radius 1 is 1.37 bits per heavy atom. The number of rotatable bonds is 4. The Morgan fingerprint density at radius 3 is 2.63 bits per heavy atom. The number of imidazole rings is 1. The minimum absolute atomic E-state index is 0.221. The quantitative estimate of drug-likeness (QED) is 0.832.